The maximum Gasteiger partial charge on any atom is 0.352 e. The molecule has 4 nitrogen and oxygen atoms in total. The van der Waals surface area contributed by atoms with E-state index in [4.69, 9.17) is 5.11 Å². The summed E-state index contributed by atoms with van der Waals surface area (Å²) < 4.78 is 15.3. The fourth-order valence-electron chi connectivity index (χ4n) is 2.21. The van der Waals surface area contributed by atoms with E-state index < -0.39 is 5.97 Å². The topological polar surface area (TPSA) is 58.0 Å². The first-order valence-electron chi connectivity index (χ1n) is 5.08. The number of halogens is 1. The van der Waals surface area contributed by atoms with E-state index in [1.54, 1.807) is 23.7 Å². The van der Waals surface area contributed by atoms with Crippen LogP contribution in [0.3, 0.4) is 0 Å². The highest BCUT2D eigenvalue weighted by Gasteiger charge is 2.16. The minimum Gasteiger partial charge on any atom is -0.477 e. The first kappa shape index (κ1) is 9.89. The lowest BCUT2D eigenvalue weighted by molar-refractivity contribution is 0.0691. The average molecular weight is 232 g/mol. The van der Waals surface area contributed by atoms with Gasteiger partial charge in [-0.15, -0.1) is 0 Å². The summed E-state index contributed by atoms with van der Waals surface area (Å²) >= 11 is 0. The number of rotatable bonds is 1. The van der Waals surface area contributed by atoms with Gasteiger partial charge in [-0.2, -0.15) is 0 Å². The van der Waals surface area contributed by atoms with Gasteiger partial charge >= 0.3 is 5.97 Å². The molecule has 3 rings (SSSR count). The summed E-state index contributed by atoms with van der Waals surface area (Å²) in [5.74, 6) is -1.34. The zero-order valence-corrected chi connectivity index (χ0v) is 8.99. The summed E-state index contributed by atoms with van der Waals surface area (Å²) in [6.45, 7) is 0. The maximum absolute atomic E-state index is 13.7. The van der Waals surface area contributed by atoms with Crippen LogP contribution in [0.1, 0.15) is 10.5 Å². The number of para-hydroxylation sites is 1. The Morgan fingerprint density at radius 1 is 1.41 bits per heavy atom. The number of hydrogen-bond donors (Lipinski definition) is 2. The normalized spacial score (nSPS) is 11.4. The number of aromatic amines is 1. The number of carboxylic acid groups (broad SMARTS) is 1. The summed E-state index contributed by atoms with van der Waals surface area (Å²) in [5.41, 5.74) is 1.20. The molecule has 0 saturated carbocycles. The molecule has 17 heavy (non-hydrogen) atoms. The van der Waals surface area contributed by atoms with Crippen LogP contribution in [0.4, 0.5) is 4.39 Å². The second kappa shape index (κ2) is 3.10. The Morgan fingerprint density at radius 2 is 2.18 bits per heavy atom. The Bertz CT molecular complexity index is 755. The Balaban J connectivity index is 2.51. The monoisotopic (exact) mass is 232 g/mol. The van der Waals surface area contributed by atoms with Gasteiger partial charge in [-0.25, -0.2) is 9.18 Å². The summed E-state index contributed by atoms with van der Waals surface area (Å²) in [4.78, 5) is 13.6. The van der Waals surface area contributed by atoms with Crippen LogP contribution in [0.25, 0.3) is 21.9 Å². The lowest BCUT2D eigenvalue weighted by atomic mass is 10.2. The van der Waals surface area contributed by atoms with Crippen molar-refractivity contribution in [1.82, 2.24) is 9.55 Å². The van der Waals surface area contributed by atoms with Crippen LogP contribution in [0.2, 0.25) is 0 Å². The number of nitrogens with zero attached hydrogens (tertiary/aromatic N) is 1. The predicted molar refractivity (Wildman–Crippen MR) is 61.7 cm³/mol. The van der Waals surface area contributed by atoms with Crippen LogP contribution in [0, 0.1) is 5.82 Å². The molecule has 2 heterocycles. The van der Waals surface area contributed by atoms with Gasteiger partial charge < -0.3 is 14.7 Å². The number of carboxylic acids is 1. The lowest BCUT2D eigenvalue weighted by Crippen LogP contribution is -1.97. The van der Waals surface area contributed by atoms with Gasteiger partial charge in [-0.3, -0.25) is 0 Å². The molecule has 0 radical (unpaired) electrons. The largest absolute Gasteiger partial charge is 0.477 e. The van der Waals surface area contributed by atoms with Crippen molar-refractivity contribution in [3.63, 3.8) is 0 Å². The fourth-order valence-corrected chi connectivity index (χ4v) is 2.21. The van der Waals surface area contributed by atoms with Crippen LogP contribution < -0.4 is 0 Å². The van der Waals surface area contributed by atoms with Gasteiger partial charge in [0.05, 0.1) is 5.52 Å². The molecule has 0 fully saturated rings. The van der Waals surface area contributed by atoms with Crippen molar-refractivity contribution in [1.29, 1.82) is 0 Å². The van der Waals surface area contributed by atoms with Crippen molar-refractivity contribution in [2.75, 3.05) is 0 Å². The van der Waals surface area contributed by atoms with E-state index in [-0.39, 0.29) is 11.5 Å². The highest BCUT2D eigenvalue weighted by atomic mass is 19.1. The third-order valence-corrected chi connectivity index (χ3v) is 2.98. The predicted octanol–water partition coefficient (Wildman–Crippen LogP) is 2.50. The molecule has 0 aliphatic heterocycles. The van der Waals surface area contributed by atoms with Gasteiger partial charge in [-0.05, 0) is 12.1 Å². The number of hydrogen-bond acceptors (Lipinski definition) is 1. The number of H-pyrrole nitrogens is 1. The molecule has 0 bridgehead atoms. The first-order chi connectivity index (χ1) is 8.09. The van der Waals surface area contributed by atoms with Gasteiger partial charge in [0.1, 0.15) is 17.2 Å². The number of benzene rings is 1. The van der Waals surface area contributed by atoms with Crippen LogP contribution in [-0.2, 0) is 7.05 Å². The quantitative estimate of drug-likeness (QED) is 0.677. The molecule has 2 N–H and O–H groups in total. The van der Waals surface area contributed by atoms with Crippen LogP contribution in [0.5, 0.6) is 0 Å². The number of aromatic nitrogens is 2. The van der Waals surface area contributed by atoms with Gasteiger partial charge in [-0.1, -0.05) is 12.1 Å². The second-order valence-electron chi connectivity index (χ2n) is 3.95. The Morgan fingerprint density at radius 3 is 2.88 bits per heavy atom. The van der Waals surface area contributed by atoms with Crippen LogP contribution >= 0.6 is 0 Å². The van der Waals surface area contributed by atoms with Gasteiger partial charge in [0.25, 0.3) is 0 Å². The molecule has 1 aromatic carbocycles. The van der Waals surface area contributed by atoms with Crippen molar-refractivity contribution in [3.8, 4) is 0 Å². The molecule has 0 amide bonds. The molecule has 0 aliphatic carbocycles. The van der Waals surface area contributed by atoms with E-state index in [0.717, 1.165) is 5.39 Å². The highest BCUT2D eigenvalue weighted by molar-refractivity contribution is 6.09. The number of aryl methyl sites for hydroxylation is 1. The Labute approximate surface area is 95.3 Å². The molecule has 0 spiro atoms. The summed E-state index contributed by atoms with van der Waals surface area (Å²) in [7, 11) is 1.70. The molecule has 0 atom stereocenters. The number of carbonyl (C=O) groups is 1. The molecule has 0 unspecified atom stereocenters. The van der Waals surface area contributed by atoms with Crippen molar-refractivity contribution in [2.45, 2.75) is 0 Å². The van der Waals surface area contributed by atoms with E-state index in [9.17, 15) is 9.18 Å². The maximum atomic E-state index is 13.7. The standard InChI is InChI=1S/C12H9FN2O2/c1-15-10-6(3-2-4-8(10)13)7-5-9(12(16)17)14-11(7)15/h2-5,14H,1H3,(H,16,17). The second-order valence-corrected chi connectivity index (χ2v) is 3.95. The van der Waals surface area contributed by atoms with E-state index in [0.29, 0.717) is 16.6 Å². The molecular weight excluding hydrogens is 223 g/mol. The fraction of sp³-hybridized carbons (Fsp3) is 0.0833. The van der Waals surface area contributed by atoms with Crippen molar-refractivity contribution >= 4 is 27.9 Å². The van der Waals surface area contributed by atoms with E-state index in [2.05, 4.69) is 4.98 Å². The third kappa shape index (κ3) is 1.19. The van der Waals surface area contributed by atoms with E-state index in [1.165, 1.54) is 12.1 Å². The SMILES string of the molecule is Cn1c2[nH]c(C(=O)O)cc2c2cccc(F)c21. The zero-order chi connectivity index (χ0) is 12.2. The minimum absolute atomic E-state index is 0.108. The lowest BCUT2D eigenvalue weighted by Gasteiger charge is -1.98. The molecule has 86 valence electrons. The van der Waals surface area contributed by atoms with Crippen LogP contribution in [0.15, 0.2) is 24.3 Å². The number of nitrogens with one attached hydrogen (secondary N) is 1. The highest BCUT2D eigenvalue weighted by Crippen LogP contribution is 2.29. The minimum atomic E-state index is -1.02. The van der Waals surface area contributed by atoms with Gasteiger partial charge in [0.2, 0.25) is 0 Å². The first-order valence-corrected chi connectivity index (χ1v) is 5.08. The zero-order valence-electron chi connectivity index (χ0n) is 8.99. The van der Waals surface area contributed by atoms with E-state index in [1.807, 2.05) is 0 Å². The summed E-state index contributed by atoms with van der Waals surface area (Å²) in [6.07, 6.45) is 0. The summed E-state index contributed by atoms with van der Waals surface area (Å²) in [5, 5.41) is 10.3. The number of fused-ring (bicyclic) bond motifs is 3. The van der Waals surface area contributed by atoms with Crippen molar-refractivity contribution < 1.29 is 14.3 Å². The molecule has 3 aromatic rings. The Hall–Kier alpha value is -2.30. The molecular formula is C12H9FN2O2. The average Bonchev–Trinajstić information content (AvgIpc) is 2.81. The smallest absolute Gasteiger partial charge is 0.352 e. The van der Waals surface area contributed by atoms with Gasteiger partial charge in [0.15, 0.2) is 0 Å². The van der Waals surface area contributed by atoms with Crippen molar-refractivity contribution in [3.05, 3.63) is 35.8 Å². The number of aromatic carboxylic acids is 1. The molecule has 2 aromatic heterocycles. The molecule has 5 heteroatoms. The third-order valence-electron chi connectivity index (χ3n) is 2.98. The van der Waals surface area contributed by atoms with E-state index >= 15 is 0 Å². The van der Waals surface area contributed by atoms with Crippen LogP contribution in [-0.4, -0.2) is 20.6 Å². The molecule has 0 aliphatic rings. The van der Waals surface area contributed by atoms with Crippen molar-refractivity contribution in [2.24, 2.45) is 7.05 Å². The molecule has 0 saturated heterocycles. The Kier molecular flexibility index (Phi) is 1.80. The van der Waals surface area contributed by atoms with Gasteiger partial charge in [0, 0.05) is 17.8 Å². The summed E-state index contributed by atoms with van der Waals surface area (Å²) in [6, 6.07) is 6.31.